The van der Waals surface area contributed by atoms with Crippen LogP contribution in [-0.2, 0) is 14.9 Å². The van der Waals surface area contributed by atoms with E-state index in [4.69, 9.17) is 4.55 Å². The van der Waals surface area contributed by atoms with E-state index in [0.717, 1.165) is 31.8 Å². The van der Waals surface area contributed by atoms with Crippen LogP contribution < -0.4 is 5.32 Å². The molecule has 0 aromatic carbocycles. The van der Waals surface area contributed by atoms with E-state index in [-0.39, 0.29) is 6.54 Å². The number of rotatable bonds is 11. The molecular weight excluding hydrogens is 266 g/mol. The molecule has 1 unspecified atom stereocenters. The zero-order chi connectivity index (χ0) is 14.7. The van der Waals surface area contributed by atoms with Crippen LogP contribution in [0.2, 0.25) is 0 Å². The van der Waals surface area contributed by atoms with Crippen molar-refractivity contribution in [3.63, 3.8) is 0 Å². The average Bonchev–Trinajstić information content (AvgIpc) is 2.35. The number of carbonyl (C=O) groups excluding carboxylic acids is 1. The van der Waals surface area contributed by atoms with Gasteiger partial charge in [0, 0.05) is 6.54 Å². The van der Waals surface area contributed by atoms with Crippen molar-refractivity contribution in [2.45, 2.75) is 57.1 Å². The molecule has 0 radical (unpaired) electrons. The molecule has 112 valence electrons. The number of nitrogens with one attached hydrogen (secondary N) is 1. The minimum absolute atomic E-state index is 0.0708. The summed E-state index contributed by atoms with van der Waals surface area (Å²) in [6.07, 6.45) is 7.71. The Hall–Kier alpha value is -0.880. The molecule has 0 rings (SSSR count). The van der Waals surface area contributed by atoms with Crippen molar-refractivity contribution >= 4 is 16.0 Å². The molecule has 0 aliphatic heterocycles. The lowest BCUT2D eigenvalue weighted by Crippen LogP contribution is -2.35. The summed E-state index contributed by atoms with van der Waals surface area (Å²) in [7, 11) is -4.12. The monoisotopic (exact) mass is 291 g/mol. The maximum atomic E-state index is 11.2. The predicted octanol–water partition coefficient (Wildman–Crippen LogP) is 2.30. The molecule has 5 nitrogen and oxygen atoms in total. The lowest BCUT2D eigenvalue weighted by Gasteiger charge is -2.14. The Kier molecular flexibility index (Phi) is 9.51. The van der Waals surface area contributed by atoms with Crippen LogP contribution in [0.15, 0.2) is 12.7 Å². The smallest absolute Gasteiger partial charge is 0.269 e. The third-order valence-corrected chi connectivity index (χ3v) is 4.24. The molecule has 0 spiro atoms. The number of hydrogen-bond acceptors (Lipinski definition) is 3. The van der Waals surface area contributed by atoms with Crippen LogP contribution in [0.5, 0.6) is 0 Å². The van der Waals surface area contributed by atoms with Gasteiger partial charge in [-0.05, 0) is 12.5 Å². The van der Waals surface area contributed by atoms with Crippen molar-refractivity contribution in [3.8, 4) is 0 Å². The van der Waals surface area contributed by atoms with Gasteiger partial charge in [0.2, 0.25) is 5.91 Å². The van der Waals surface area contributed by atoms with E-state index >= 15 is 0 Å². The Morgan fingerprint density at radius 2 is 1.84 bits per heavy atom. The summed E-state index contributed by atoms with van der Waals surface area (Å²) in [4.78, 5) is 11.0. The van der Waals surface area contributed by atoms with E-state index in [1.54, 1.807) is 0 Å². The minimum atomic E-state index is -4.12. The van der Waals surface area contributed by atoms with E-state index in [9.17, 15) is 13.2 Å². The van der Waals surface area contributed by atoms with Crippen molar-refractivity contribution in [1.29, 1.82) is 0 Å². The van der Waals surface area contributed by atoms with Crippen LogP contribution in [0.4, 0.5) is 0 Å². The van der Waals surface area contributed by atoms with Gasteiger partial charge < -0.3 is 5.32 Å². The van der Waals surface area contributed by atoms with Gasteiger partial charge >= 0.3 is 0 Å². The molecule has 1 atom stereocenters. The van der Waals surface area contributed by atoms with Gasteiger partial charge in [0.1, 0.15) is 5.25 Å². The highest BCUT2D eigenvalue weighted by Crippen LogP contribution is 2.12. The number of amides is 1. The third kappa shape index (κ3) is 9.67. The molecule has 0 aliphatic rings. The second-order valence-electron chi connectivity index (χ2n) is 4.64. The van der Waals surface area contributed by atoms with Crippen molar-refractivity contribution in [2.75, 3.05) is 6.54 Å². The van der Waals surface area contributed by atoms with Crippen molar-refractivity contribution in [3.05, 3.63) is 12.7 Å². The minimum Gasteiger partial charge on any atom is -0.351 e. The highest BCUT2D eigenvalue weighted by Gasteiger charge is 2.22. The van der Waals surface area contributed by atoms with Crippen LogP contribution in [0.25, 0.3) is 0 Å². The van der Waals surface area contributed by atoms with Gasteiger partial charge in [-0.2, -0.15) is 8.42 Å². The summed E-state index contributed by atoms with van der Waals surface area (Å²) in [5.74, 6) is -0.434. The quantitative estimate of drug-likeness (QED) is 0.347. The molecule has 0 bridgehead atoms. The lowest BCUT2D eigenvalue weighted by atomic mass is 10.1. The molecule has 0 aromatic rings. The van der Waals surface area contributed by atoms with Crippen molar-refractivity contribution < 1.29 is 17.8 Å². The van der Waals surface area contributed by atoms with E-state index in [2.05, 4.69) is 18.8 Å². The first kappa shape index (κ1) is 18.1. The molecule has 0 heterocycles. The molecule has 0 saturated carbocycles. The van der Waals surface area contributed by atoms with E-state index < -0.39 is 21.3 Å². The fraction of sp³-hybridized carbons (Fsp3) is 0.769. The number of carbonyl (C=O) groups is 1. The summed E-state index contributed by atoms with van der Waals surface area (Å²) in [5, 5.41) is 1.48. The van der Waals surface area contributed by atoms with Gasteiger partial charge in [0.05, 0.1) is 0 Å². The van der Waals surface area contributed by atoms with Gasteiger partial charge in [0.25, 0.3) is 10.1 Å². The zero-order valence-electron chi connectivity index (χ0n) is 11.6. The molecule has 0 fully saturated rings. The highest BCUT2D eigenvalue weighted by molar-refractivity contribution is 7.86. The molecule has 6 heteroatoms. The largest absolute Gasteiger partial charge is 0.351 e. The predicted molar refractivity (Wildman–Crippen MR) is 76.5 cm³/mol. The van der Waals surface area contributed by atoms with E-state index in [1.807, 2.05) is 0 Å². The van der Waals surface area contributed by atoms with Gasteiger partial charge in [-0.3, -0.25) is 9.35 Å². The first-order valence-electron chi connectivity index (χ1n) is 6.78. The average molecular weight is 291 g/mol. The van der Waals surface area contributed by atoms with Crippen molar-refractivity contribution in [2.24, 2.45) is 0 Å². The summed E-state index contributed by atoms with van der Waals surface area (Å²) in [6, 6.07) is 0. The first-order valence-corrected chi connectivity index (χ1v) is 8.28. The second-order valence-corrected chi connectivity index (χ2v) is 6.34. The van der Waals surface area contributed by atoms with Gasteiger partial charge in [-0.15, -0.1) is 0 Å². The Morgan fingerprint density at radius 1 is 1.26 bits per heavy atom. The Bertz CT molecular complexity index is 365. The van der Waals surface area contributed by atoms with Crippen LogP contribution in [0.1, 0.15) is 51.9 Å². The van der Waals surface area contributed by atoms with Gasteiger partial charge in [-0.1, -0.05) is 52.0 Å². The highest BCUT2D eigenvalue weighted by atomic mass is 32.2. The van der Waals surface area contributed by atoms with Gasteiger partial charge in [0.15, 0.2) is 0 Å². The Labute approximate surface area is 116 Å². The molecule has 0 aliphatic carbocycles. The maximum Gasteiger partial charge on any atom is 0.269 e. The molecule has 19 heavy (non-hydrogen) atoms. The lowest BCUT2D eigenvalue weighted by molar-refractivity contribution is -0.116. The number of unbranched alkanes of at least 4 members (excludes halogenated alkanes) is 5. The Morgan fingerprint density at radius 3 is 2.37 bits per heavy atom. The van der Waals surface area contributed by atoms with E-state index in [0.29, 0.717) is 6.42 Å². The van der Waals surface area contributed by atoms with Crippen LogP contribution in [-0.4, -0.2) is 30.7 Å². The normalized spacial score (nSPS) is 12.9. The topological polar surface area (TPSA) is 83.5 Å². The zero-order valence-corrected chi connectivity index (χ0v) is 12.4. The summed E-state index contributed by atoms with van der Waals surface area (Å²) >= 11 is 0. The van der Waals surface area contributed by atoms with Crippen LogP contribution >= 0.6 is 0 Å². The SMILES string of the molecule is C=CC(=O)NCC(CCCCCCCC)S(=O)(=O)O. The summed E-state index contributed by atoms with van der Waals surface area (Å²) in [6.45, 7) is 5.35. The molecule has 0 saturated heterocycles. The molecule has 0 aromatic heterocycles. The molecule has 1 amide bonds. The molecule has 2 N–H and O–H groups in total. The number of hydrogen-bond donors (Lipinski definition) is 2. The summed E-state index contributed by atoms with van der Waals surface area (Å²) < 4.78 is 31.5. The fourth-order valence-corrected chi connectivity index (χ4v) is 2.55. The maximum absolute atomic E-state index is 11.2. The van der Waals surface area contributed by atoms with Crippen molar-refractivity contribution in [1.82, 2.24) is 5.32 Å². The van der Waals surface area contributed by atoms with Crippen LogP contribution in [0, 0.1) is 0 Å². The molecular formula is C13H25NO4S. The van der Waals surface area contributed by atoms with E-state index in [1.165, 1.54) is 12.8 Å². The third-order valence-electron chi connectivity index (χ3n) is 2.99. The Balaban J connectivity index is 4.02. The fourth-order valence-electron chi connectivity index (χ4n) is 1.80. The summed E-state index contributed by atoms with van der Waals surface area (Å²) in [5.41, 5.74) is 0. The van der Waals surface area contributed by atoms with Crippen LogP contribution in [0.3, 0.4) is 0 Å². The second kappa shape index (κ2) is 9.97. The van der Waals surface area contributed by atoms with Gasteiger partial charge in [-0.25, -0.2) is 0 Å². The first-order chi connectivity index (χ1) is 8.91. The standard InChI is InChI=1S/C13H25NO4S/c1-3-5-6-7-8-9-10-12(19(16,17)18)11-14-13(15)4-2/h4,12H,2-3,5-11H2,1H3,(H,14,15)(H,16,17,18).